The van der Waals surface area contributed by atoms with E-state index in [-0.39, 0.29) is 21.7 Å². The number of H-pyrrole nitrogens is 1. The van der Waals surface area contributed by atoms with Gasteiger partial charge in [0.25, 0.3) is 5.91 Å². The fourth-order valence-corrected chi connectivity index (χ4v) is 3.71. The monoisotopic (exact) mass is 410 g/mol. The van der Waals surface area contributed by atoms with Gasteiger partial charge in [-0.25, -0.2) is 0 Å². The van der Waals surface area contributed by atoms with E-state index in [1.165, 1.54) is 6.20 Å². The Morgan fingerprint density at radius 2 is 1.72 bits per heavy atom. The predicted octanol–water partition coefficient (Wildman–Crippen LogP) is 3.56. The molecule has 1 amide bonds. The molecule has 0 aliphatic rings. The Morgan fingerprint density at radius 3 is 2.31 bits per heavy atom. The molecular weight excluding hydrogens is 388 g/mol. The first-order valence-corrected chi connectivity index (χ1v) is 10.1. The number of hydrogen-bond acceptors (Lipinski definition) is 4. The van der Waals surface area contributed by atoms with Gasteiger partial charge in [0.05, 0.1) is 5.92 Å². The molecule has 0 aliphatic carbocycles. The van der Waals surface area contributed by atoms with E-state index in [9.17, 15) is 19.5 Å². The zero-order chi connectivity index (χ0) is 20.8. The lowest BCUT2D eigenvalue weighted by atomic mass is 9.95. The zero-order valence-electron chi connectivity index (χ0n) is 15.9. The highest BCUT2D eigenvalue weighted by Crippen LogP contribution is 2.21. The lowest BCUT2D eigenvalue weighted by Gasteiger charge is -2.20. The standard InChI is InChI=1S/C22H22N2O4S/c1-14(21(26)27)11-18(24-20(25)19-13-23-22(28)29-19)12-15-7-9-17(10-8-15)16-5-3-2-4-6-16/h2-10,13-14,18H,11-12H2,1H3,(H,23,28)(H,24,25)(H,26,27)/t14-,18?/m1/s1. The number of carboxylic acid groups (broad SMARTS) is 1. The summed E-state index contributed by atoms with van der Waals surface area (Å²) in [6.45, 7) is 1.62. The van der Waals surface area contributed by atoms with Gasteiger partial charge in [0.15, 0.2) is 0 Å². The van der Waals surface area contributed by atoms with Crippen molar-refractivity contribution in [2.75, 3.05) is 0 Å². The Balaban J connectivity index is 1.74. The molecule has 0 saturated carbocycles. The molecule has 0 spiro atoms. The van der Waals surface area contributed by atoms with Crippen LogP contribution in [0.3, 0.4) is 0 Å². The summed E-state index contributed by atoms with van der Waals surface area (Å²) < 4.78 is 0. The van der Waals surface area contributed by atoms with Gasteiger partial charge in [-0.3, -0.25) is 14.4 Å². The average molecular weight is 410 g/mol. The van der Waals surface area contributed by atoms with Crippen LogP contribution in [0.4, 0.5) is 0 Å². The van der Waals surface area contributed by atoms with Crippen LogP contribution >= 0.6 is 11.3 Å². The highest BCUT2D eigenvalue weighted by Gasteiger charge is 2.22. The number of carboxylic acids is 1. The second kappa shape index (κ2) is 9.34. The van der Waals surface area contributed by atoms with Crippen molar-refractivity contribution < 1.29 is 14.7 Å². The molecule has 1 aromatic heterocycles. The van der Waals surface area contributed by atoms with E-state index in [0.29, 0.717) is 12.8 Å². The zero-order valence-corrected chi connectivity index (χ0v) is 16.7. The number of rotatable bonds is 8. The summed E-state index contributed by atoms with van der Waals surface area (Å²) in [4.78, 5) is 37.5. The van der Waals surface area contributed by atoms with E-state index >= 15 is 0 Å². The second-order valence-corrected chi connectivity index (χ2v) is 7.97. The van der Waals surface area contributed by atoms with E-state index in [4.69, 9.17) is 0 Å². The first kappa shape index (κ1) is 20.5. The van der Waals surface area contributed by atoms with Gasteiger partial charge in [-0.1, -0.05) is 72.9 Å². The summed E-state index contributed by atoms with van der Waals surface area (Å²) in [5, 5.41) is 12.1. The number of aromatic nitrogens is 1. The molecule has 2 atom stereocenters. The van der Waals surface area contributed by atoms with Gasteiger partial charge in [-0.15, -0.1) is 0 Å². The third-order valence-corrected chi connectivity index (χ3v) is 5.51. The first-order valence-electron chi connectivity index (χ1n) is 9.29. The fraction of sp³-hybridized carbons (Fsp3) is 0.227. The number of thiazole rings is 1. The average Bonchev–Trinajstić information content (AvgIpc) is 3.15. The van der Waals surface area contributed by atoms with Crippen LogP contribution in [0.25, 0.3) is 11.1 Å². The van der Waals surface area contributed by atoms with E-state index in [1.54, 1.807) is 6.92 Å². The quantitative estimate of drug-likeness (QED) is 0.529. The number of amides is 1. The number of benzene rings is 2. The minimum absolute atomic E-state index is 0.280. The van der Waals surface area contributed by atoms with Crippen LogP contribution in [0.1, 0.15) is 28.6 Å². The number of hydrogen-bond donors (Lipinski definition) is 3. The highest BCUT2D eigenvalue weighted by atomic mass is 32.1. The lowest BCUT2D eigenvalue weighted by molar-refractivity contribution is -0.141. The van der Waals surface area contributed by atoms with Gasteiger partial charge >= 0.3 is 10.8 Å². The van der Waals surface area contributed by atoms with Crippen molar-refractivity contribution in [3.63, 3.8) is 0 Å². The number of aromatic amines is 1. The normalized spacial score (nSPS) is 12.9. The van der Waals surface area contributed by atoms with Crippen molar-refractivity contribution in [2.24, 2.45) is 5.92 Å². The maximum atomic E-state index is 12.4. The van der Waals surface area contributed by atoms with Crippen molar-refractivity contribution in [2.45, 2.75) is 25.8 Å². The molecule has 3 N–H and O–H groups in total. The summed E-state index contributed by atoms with van der Waals surface area (Å²) in [5.41, 5.74) is 3.20. The largest absolute Gasteiger partial charge is 0.481 e. The van der Waals surface area contributed by atoms with Crippen LogP contribution in [0.2, 0.25) is 0 Å². The minimum atomic E-state index is -0.907. The van der Waals surface area contributed by atoms with Crippen LogP contribution in [0.5, 0.6) is 0 Å². The Labute approximate surface area is 172 Å². The molecule has 1 heterocycles. The van der Waals surface area contributed by atoms with E-state index in [1.807, 2.05) is 54.6 Å². The Kier molecular flexibility index (Phi) is 6.61. The summed E-state index contributed by atoms with van der Waals surface area (Å²) in [7, 11) is 0. The molecule has 0 fully saturated rings. The van der Waals surface area contributed by atoms with Crippen molar-refractivity contribution in [1.29, 1.82) is 0 Å². The van der Waals surface area contributed by atoms with Crippen LogP contribution in [-0.2, 0) is 11.2 Å². The lowest BCUT2D eigenvalue weighted by Crippen LogP contribution is -2.38. The molecule has 0 saturated heterocycles. The maximum Gasteiger partial charge on any atom is 0.306 e. The molecular formula is C22H22N2O4S. The van der Waals surface area contributed by atoms with Crippen LogP contribution in [0, 0.1) is 5.92 Å². The molecule has 1 unspecified atom stereocenters. The molecule has 0 radical (unpaired) electrons. The number of aliphatic carboxylic acids is 1. The molecule has 0 aliphatic heterocycles. The van der Waals surface area contributed by atoms with Crippen molar-refractivity contribution in [3.8, 4) is 11.1 Å². The number of carbonyl (C=O) groups is 2. The highest BCUT2D eigenvalue weighted by molar-refractivity contribution is 7.11. The Hall–Kier alpha value is -3.19. The number of carbonyl (C=O) groups excluding carboxylic acids is 1. The van der Waals surface area contributed by atoms with Gasteiger partial charge in [0.1, 0.15) is 4.88 Å². The van der Waals surface area contributed by atoms with Crippen molar-refractivity contribution in [3.05, 3.63) is 80.9 Å². The summed E-state index contributed by atoms with van der Waals surface area (Å²) >= 11 is 0.829. The third kappa shape index (κ3) is 5.65. The van der Waals surface area contributed by atoms with Crippen molar-refractivity contribution >= 4 is 23.2 Å². The fourth-order valence-electron chi connectivity index (χ4n) is 3.12. The summed E-state index contributed by atoms with van der Waals surface area (Å²) in [6.07, 6.45) is 2.16. The second-order valence-electron chi connectivity index (χ2n) is 6.95. The van der Waals surface area contributed by atoms with Gasteiger partial charge in [-0.2, -0.15) is 0 Å². The molecule has 3 rings (SSSR count). The molecule has 150 valence electrons. The molecule has 2 aromatic carbocycles. The van der Waals surface area contributed by atoms with Crippen molar-refractivity contribution in [1.82, 2.24) is 10.3 Å². The topological polar surface area (TPSA) is 99.3 Å². The van der Waals surface area contributed by atoms with E-state index < -0.39 is 11.9 Å². The first-order chi connectivity index (χ1) is 13.9. The van der Waals surface area contributed by atoms with Gasteiger partial charge in [0.2, 0.25) is 0 Å². The number of nitrogens with one attached hydrogen (secondary N) is 2. The Bertz CT molecular complexity index is 1020. The molecule has 7 heteroatoms. The minimum Gasteiger partial charge on any atom is -0.481 e. The molecule has 3 aromatic rings. The SMILES string of the molecule is C[C@H](CC(Cc1ccc(-c2ccccc2)cc1)NC(=O)c1c[nH]c(=O)s1)C(=O)O. The predicted molar refractivity (Wildman–Crippen MR) is 113 cm³/mol. The Morgan fingerprint density at radius 1 is 1.07 bits per heavy atom. The van der Waals surface area contributed by atoms with E-state index in [0.717, 1.165) is 28.0 Å². The molecule has 6 nitrogen and oxygen atoms in total. The third-order valence-electron chi connectivity index (χ3n) is 4.69. The van der Waals surface area contributed by atoms with Gasteiger partial charge < -0.3 is 15.4 Å². The van der Waals surface area contributed by atoms with Crippen LogP contribution in [0.15, 0.2) is 65.6 Å². The molecule has 0 bridgehead atoms. The maximum absolute atomic E-state index is 12.4. The van der Waals surface area contributed by atoms with Gasteiger partial charge in [0, 0.05) is 12.2 Å². The summed E-state index contributed by atoms with van der Waals surface area (Å²) in [6, 6.07) is 17.6. The van der Waals surface area contributed by atoms with Crippen LogP contribution < -0.4 is 10.2 Å². The smallest absolute Gasteiger partial charge is 0.306 e. The van der Waals surface area contributed by atoms with Crippen LogP contribution in [-0.4, -0.2) is 28.0 Å². The molecule has 29 heavy (non-hydrogen) atoms. The summed E-state index contributed by atoms with van der Waals surface area (Å²) in [5.74, 6) is -1.89. The van der Waals surface area contributed by atoms with E-state index in [2.05, 4.69) is 10.3 Å². The van der Waals surface area contributed by atoms with Gasteiger partial charge in [-0.05, 0) is 29.5 Å².